The fourth-order valence-corrected chi connectivity index (χ4v) is 2.19. The minimum atomic E-state index is 0.228. The van der Waals surface area contributed by atoms with Crippen LogP contribution in [0.2, 0.25) is 0 Å². The third kappa shape index (κ3) is 5.83. The molecule has 1 saturated carbocycles. The molecule has 0 bridgehead atoms. The van der Waals surface area contributed by atoms with Crippen LogP contribution >= 0.6 is 0 Å². The van der Waals surface area contributed by atoms with Gasteiger partial charge in [-0.2, -0.15) is 0 Å². The van der Waals surface area contributed by atoms with Gasteiger partial charge in [-0.25, -0.2) is 0 Å². The van der Waals surface area contributed by atoms with Crippen LogP contribution < -0.4 is 5.73 Å². The maximum absolute atomic E-state index is 6.12. The first-order valence-corrected chi connectivity index (χ1v) is 6.79. The lowest BCUT2D eigenvalue weighted by molar-refractivity contribution is -0.0135. The average Bonchev–Trinajstić information content (AvgIpc) is 2.27. The zero-order valence-corrected chi connectivity index (χ0v) is 10.6. The van der Waals surface area contributed by atoms with E-state index in [4.69, 9.17) is 15.2 Å². The van der Waals surface area contributed by atoms with E-state index in [1.54, 1.807) is 0 Å². The molecule has 0 saturated heterocycles. The molecule has 16 heavy (non-hydrogen) atoms. The van der Waals surface area contributed by atoms with Crippen LogP contribution in [0.5, 0.6) is 0 Å². The zero-order chi connectivity index (χ0) is 11.6. The van der Waals surface area contributed by atoms with E-state index in [9.17, 15) is 0 Å². The Morgan fingerprint density at radius 3 is 2.50 bits per heavy atom. The predicted molar refractivity (Wildman–Crippen MR) is 66.5 cm³/mol. The van der Waals surface area contributed by atoms with Gasteiger partial charge in [0.15, 0.2) is 0 Å². The van der Waals surface area contributed by atoms with Crippen LogP contribution in [0.1, 0.15) is 51.9 Å². The molecule has 2 atom stereocenters. The lowest BCUT2D eigenvalue weighted by Crippen LogP contribution is -2.38. The van der Waals surface area contributed by atoms with Gasteiger partial charge in [-0.1, -0.05) is 32.6 Å². The van der Waals surface area contributed by atoms with Crippen LogP contribution in [0.3, 0.4) is 0 Å². The lowest BCUT2D eigenvalue weighted by Gasteiger charge is -2.26. The molecule has 96 valence electrons. The Kier molecular flexibility index (Phi) is 7.81. The molecule has 0 amide bonds. The fraction of sp³-hybridized carbons (Fsp3) is 1.00. The summed E-state index contributed by atoms with van der Waals surface area (Å²) in [5.74, 6) is 0. The van der Waals surface area contributed by atoms with E-state index in [0.29, 0.717) is 13.2 Å². The minimum Gasteiger partial charge on any atom is -0.379 e. The molecule has 0 aromatic heterocycles. The van der Waals surface area contributed by atoms with Gasteiger partial charge in [0, 0.05) is 12.6 Å². The number of hydrogen-bond acceptors (Lipinski definition) is 3. The van der Waals surface area contributed by atoms with E-state index in [-0.39, 0.29) is 12.1 Å². The molecular formula is C13H27NO2. The van der Waals surface area contributed by atoms with Gasteiger partial charge in [0.05, 0.1) is 19.3 Å². The monoisotopic (exact) mass is 229 g/mol. The van der Waals surface area contributed by atoms with E-state index in [1.165, 1.54) is 25.7 Å². The van der Waals surface area contributed by atoms with Gasteiger partial charge in [0.25, 0.3) is 0 Å². The SMILES string of the molecule is CCCOCCOC1CCCCCCC1N. The van der Waals surface area contributed by atoms with Crippen LogP contribution in [0, 0.1) is 0 Å². The van der Waals surface area contributed by atoms with Gasteiger partial charge < -0.3 is 15.2 Å². The van der Waals surface area contributed by atoms with Crippen molar-refractivity contribution in [1.29, 1.82) is 0 Å². The number of hydrogen-bond donors (Lipinski definition) is 1. The standard InChI is InChI=1S/C13H27NO2/c1-2-9-15-10-11-16-13-8-6-4-3-5-7-12(13)14/h12-13H,2-11,14H2,1H3. The first-order chi connectivity index (χ1) is 7.84. The van der Waals surface area contributed by atoms with E-state index >= 15 is 0 Å². The maximum Gasteiger partial charge on any atom is 0.0727 e. The van der Waals surface area contributed by atoms with E-state index < -0.39 is 0 Å². The molecule has 0 aromatic carbocycles. The van der Waals surface area contributed by atoms with Crippen LogP contribution in [0.15, 0.2) is 0 Å². The topological polar surface area (TPSA) is 44.5 Å². The highest BCUT2D eigenvalue weighted by molar-refractivity contribution is 4.75. The first-order valence-electron chi connectivity index (χ1n) is 6.79. The molecule has 0 spiro atoms. The first kappa shape index (κ1) is 13.9. The van der Waals surface area contributed by atoms with Gasteiger partial charge >= 0.3 is 0 Å². The highest BCUT2D eigenvalue weighted by Crippen LogP contribution is 2.18. The number of ether oxygens (including phenoxy) is 2. The molecule has 3 nitrogen and oxygen atoms in total. The summed E-state index contributed by atoms with van der Waals surface area (Å²) in [6.45, 7) is 4.35. The molecule has 1 aliphatic carbocycles. The molecule has 0 aromatic rings. The average molecular weight is 229 g/mol. The molecule has 1 aliphatic rings. The molecule has 0 heterocycles. The summed E-state index contributed by atoms with van der Waals surface area (Å²) in [6, 6.07) is 0.228. The molecule has 3 heteroatoms. The van der Waals surface area contributed by atoms with Crippen molar-refractivity contribution in [1.82, 2.24) is 0 Å². The van der Waals surface area contributed by atoms with E-state index in [2.05, 4.69) is 6.92 Å². The Morgan fingerprint density at radius 1 is 1.00 bits per heavy atom. The van der Waals surface area contributed by atoms with Gasteiger partial charge in [-0.3, -0.25) is 0 Å². The third-order valence-electron chi connectivity index (χ3n) is 3.16. The van der Waals surface area contributed by atoms with Crippen LogP contribution in [0.4, 0.5) is 0 Å². The second-order valence-electron chi connectivity index (χ2n) is 4.68. The van der Waals surface area contributed by atoms with Crippen LogP contribution in [0.25, 0.3) is 0 Å². The Balaban J connectivity index is 2.11. The molecule has 0 aliphatic heterocycles. The third-order valence-corrected chi connectivity index (χ3v) is 3.16. The summed E-state index contributed by atoms with van der Waals surface area (Å²) < 4.78 is 11.2. The van der Waals surface area contributed by atoms with Crippen molar-refractivity contribution in [3.63, 3.8) is 0 Å². The zero-order valence-electron chi connectivity index (χ0n) is 10.6. The van der Waals surface area contributed by atoms with Crippen molar-refractivity contribution in [2.45, 2.75) is 64.0 Å². The van der Waals surface area contributed by atoms with Crippen molar-refractivity contribution in [3.8, 4) is 0 Å². The molecule has 2 N–H and O–H groups in total. The molecule has 0 radical (unpaired) electrons. The summed E-state index contributed by atoms with van der Waals surface area (Å²) >= 11 is 0. The largest absolute Gasteiger partial charge is 0.379 e. The normalized spacial score (nSPS) is 27.4. The predicted octanol–water partition coefficient (Wildman–Crippen LogP) is 2.48. The molecular weight excluding hydrogens is 202 g/mol. The summed E-state index contributed by atoms with van der Waals surface area (Å²) in [6.07, 6.45) is 8.74. The van der Waals surface area contributed by atoms with Gasteiger partial charge in [-0.15, -0.1) is 0 Å². The minimum absolute atomic E-state index is 0.228. The quantitative estimate of drug-likeness (QED) is 0.712. The highest BCUT2D eigenvalue weighted by Gasteiger charge is 2.19. The Hall–Kier alpha value is -0.120. The van der Waals surface area contributed by atoms with Gasteiger partial charge in [0.2, 0.25) is 0 Å². The second kappa shape index (κ2) is 8.97. The van der Waals surface area contributed by atoms with Crippen LogP contribution in [-0.4, -0.2) is 32.0 Å². The number of nitrogens with two attached hydrogens (primary N) is 1. The van der Waals surface area contributed by atoms with Crippen molar-refractivity contribution in [2.24, 2.45) is 5.73 Å². The summed E-state index contributed by atoms with van der Waals surface area (Å²) in [5, 5.41) is 0. The summed E-state index contributed by atoms with van der Waals surface area (Å²) in [5.41, 5.74) is 6.12. The molecule has 1 rings (SSSR count). The smallest absolute Gasteiger partial charge is 0.0727 e. The molecule has 1 fully saturated rings. The van der Waals surface area contributed by atoms with Crippen molar-refractivity contribution in [3.05, 3.63) is 0 Å². The number of rotatable bonds is 6. The Bertz CT molecular complexity index is 164. The summed E-state index contributed by atoms with van der Waals surface area (Å²) in [7, 11) is 0. The van der Waals surface area contributed by atoms with Gasteiger partial charge in [-0.05, 0) is 19.3 Å². The summed E-state index contributed by atoms with van der Waals surface area (Å²) in [4.78, 5) is 0. The van der Waals surface area contributed by atoms with E-state index in [1.807, 2.05) is 0 Å². The second-order valence-corrected chi connectivity index (χ2v) is 4.68. The highest BCUT2D eigenvalue weighted by atomic mass is 16.5. The van der Waals surface area contributed by atoms with Crippen molar-refractivity contribution >= 4 is 0 Å². The van der Waals surface area contributed by atoms with Crippen molar-refractivity contribution in [2.75, 3.05) is 19.8 Å². The lowest BCUT2D eigenvalue weighted by atomic mass is 9.95. The van der Waals surface area contributed by atoms with Crippen molar-refractivity contribution < 1.29 is 9.47 Å². The Labute approximate surface area is 99.7 Å². The Morgan fingerprint density at radius 2 is 1.75 bits per heavy atom. The van der Waals surface area contributed by atoms with Gasteiger partial charge in [0.1, 0.15) is 0 Å². The fourth-order valence-electron chi connectivity index (χ4n) is 2.19. The molecule has 2 unspecified atom stereocenters. The van der Waals surface area contributed by atoms with E-state index in [0.717, 1.165) is 25.9 Å². The maximum atomic E-state index is 6.12. The van der Waals surface area contributed by atoms with Crippen LogP contribution in [-0.2, 0) is 9.47 Å².